The minimum absolute atomic E-state index is 0.185. The molecule has 0 aliphatic heterocycles. The molecule has 10 heteroatoms. The molecule has 0 fully saturated rings. The van der Waals surface area contributed by atoms with Crippen LogP contribution in [0.1, 0.15) is 26.0 Å². The SMILES string of the molecule is CCC(C)(Nc1cc(C)nc(Oc2c(Cl)cc(OC)cc2Br)c1[N+](=O)[O-])OC. The first-order valence-corrected chi connectivity index (χ1v) is 9.51. The number of methoxy groups -OCH3 is 2. The number of ether oxygens (including phenoxy) is 3. The molecule has 0 aliphatic carbocycles. The number of nitro groups is 1. The second-order valence-corrected chi connectivity index (χ2v) is 7.42. The molecule has 1 aromatic heterocycles. The van der Waals surface area contributed by atoms with Crippen LogP contribution < -0.4 is 14.8 Å². The van der Waals surface area contributed by atoms with Gasteiger partial charge in [-0.05, 0) is 48.3 Å². The first kappa shape index (κ1) is 22.2. The van der Waals surface area contributed by atoms with Crippen LogP contribution in [-0.4, -0.2) is 29.9 Å². The fourth-order valence-corrected chi connectivity index (χ4v) is 3.28. The number of aromatic nitrogens is 1. The van der Waals surface area contributed by atoms with Crippen molar-refractivity contribution in [3.63, 3.8) is 0 Å². The van der Waals surface area contributed by atoms with Gasteiger partial charge in [-0.25, -0.2) is 4.98 Å². The van der Waals surface area contributed by atoms with Crippen molar-refractivity contribution in [2.45, 2.75) is 32.9 Å². The third-order valence-corrected chi connectivity index (χ3v) is 5.07. The van der Waals surface area contributed by atoms with Crippen molar-refractivity contribution in [3.05, 3.63) is 43.5 Å². The third-order valence-electron chi connectivity index (χ3n) is 4.20. The van der Waals surface area contributed by atoms with Gasteiger partial charge >= 0.3 is 11.6 Å². The normalized spacial score (nSPS) is 13.0. The van der Waals surface area contributed by atoms with Gasteiger partial charge in [-0.1, -0.05) is 18.5 Å². The summed E-state index contributed by atoms with van der Waals surface area (Å²) in [5, 5.41) is 15.1. The third kappa shape index (κ3) is 4.84. The molecule has 28 heavy (non-hydrogen) atoms. The van der Waals surface area contributed by atoms with Crippen molar-refractivity contribution in [1.82, 2.24) is 4.98 Å². The maximum absolute atomic E-state index is 11.8. The zero-order valence-electron chi connectivity index (χ0n) is 16.1. The highest BCUT2D eigenvalue weighted by Gasteiger charge is 2.30. The Labute approximate surface area is 176 Å². The molecule has 0 aliphatic rings. The molecule has 1 unspecified atom stereocenters. The van der Waals surface area contributed by atoms with Gasteiger partial charge in [-0.3, -0.25) is 10.1 Å². The first-order chi connectivity index (χ1) is 13.1. The van der Waals surface area contributed by atoms with Gasteiger partial charge in [0, 0.05) is 18.9 Å². The van der Waals surface area contributed by atoms with E-state index >= 15 is 0 Å². The lowest BCUT2D eigenvalue weighted by Crippen LogP contribution is -2.36. The maximum atomic E-state index is 11.8. The highest BCUT2D eigenvalue weighted by molar-refractivity contribution is 9.10. The molecule has 1 aromatic carbocycles. The first-order valence-electron chi connectivity index (χ1n) is 8.34. The van der Waals surface area contributed by atoms with Gasteiger partial charge in [-0.15, -0.1) is 0 Å². The second kappa shape index (κ2) is 8.93. The summed E-state index contributed by atoms with van der Waals surface area (Å²) in [6.45, 7) is 5.41. The molecule has 2 rings (SSSR count). The number of rotatable bonds is 8. The van der Waals surface area contributed by atoms with E-state index < -0.39 is 10.6 Å². The van der Waals surface area contributed by atoms with E-state index in [2.05, 4.69) is 26.2 Å². The number of pyridine rings is 1. The number of aryl methyl sites for hydroxylation is 1. The average Bonchev–Trinajstić information content (AvgIpc) is 2.63. The number of hydrogen-bond acceptors (Lipinski definition) is 7. The standard InChI is InChI=1S/C18H21BrClN3O5/c1-6-18(3,27-5)22-14-7-10(2)21-17(15(14)23(24)25)28-16-12(19)8-11(26-4)9-13(16)20/h7-9H,6H2,1-5H3,(H,21,22). The van der Waals surface area contributed by atoms with Crippen molar-refractivity contribution in [2.75, 3.05) is 19.5 Å². The van der Waals surface area contributed by atoms with Gasteiger partial charge in [-0.2, -0.15) is 0 Å². The summed E-state index contributed by atoms with van der Waals surface area (Å²) in [6.07, 6.45) is 0.577. The number of hydrogen-bond donors (Lipinski definition) is 1. The topological polar surface area (TPSA) is 95.8 Å². The van der Waals surface area contributed by atoms with Crippen LogP contribution in [0.2, 0.25) is 5.02 Å². The van der Waals surface area contributed by atoms with Crippen molar-refractivity contribution in [1.29, 1.82) is 0 Å². The van der Waals surface area contributed by atoms with E-state index in [-0.39, 0.29) is 28.0 Å². The maximum Gasteiger partial charge on any atom is 0.354 e. The molecule has 0 saturated heterocycles. The van der Waals surface area contributed by atoms with Crippen LogP contribution in [0, 0.1) is 17.0 Å². The van der Waals surface area contributed by atoms with Crippen LogP contribution in [0.25, 0.3) is 0 Å². The van der Waals surface area contributed by atoms with Gasteiger partial charge < -0.3 is 19.5 Å². The predicted molar refractivity (Wildman–Crippen MR) is 111 cm³/mol. The fourth-order valence-electron chi connectivity index (χ4n) is 2.40. The monoisotopic (exact) mass is 473 g/mol. The van der Waals surface area contributed by atoms with Crippen LogP contribution in [0.15, 0.2) is 22.7 Å². The Morgan fingerprint density at radius 3 is 2.54 bits per heavy atom. The molecule has 0 spiro atoms. The van der Waals surface area contributed by atoms with Crippen LogP contribution in [0.3, 0.4) is 0 Å². The van der Waals surface area contributed by atoms with Crippen LogP contribution in [0.5, 0.6) is 17.4 Å². The Morgan fingerprint density at radius 2 is 2.04 bits per heavy atom. The van der Waals surface area contributed by atoms with E-state index in [1.54, 1.807) is 32.0 Å². The molecule has 2 aromatic rings. The summed E-state index contributed by atoms with van der Waals surface area (Å²) in [5.41, 5.74) is -0.354. The van der Waals surface area contributed by atoms with E-state index in [0.717, 1.165) is 0 Å². The van der Waals surface area contributed by atoms with Gasteiger partial charge in [0.05, 0.1) is 21.5 Å². The summed E-state index contributed by atoms with van der Waals surface area (Å²) < 4.78 is 16.8. The van der Waals surface area contributed by atoms with Crippen LogP contribution in [0.4, 0.5) is 11.4 Å². The number of benzene rings is 1. The zero-order chi connectivity index (χ0) is 21.1. The van der Waals surface area contributed by atoms with Crippen molar-refractivity contribution in [3.8, 4) is 17.4 Å². The molecule has 1 heterocycles. The summed E-state index contributed by atoms with van der Waals surface area (Å²) in [6, 6.07) is 4.76. The summed E-state index contributed by atoms with van der Waals surface area (Å²) in [7, 11) is 3.03. The van der Waals surface area contributed by atoms with Gasteiger partial charge in [0.25, 0.3) is 0 Å². The second-order valence-electron chi connectivity index (χ2n) is 6.16. The van der Waals surface area contributed by atoms with E-state index in [9.17, 15) is 10.1 Å². The Bertz CT molecular complexity index is 867. The molecule has 8 nitrogen and oxygen atoms in total. The lowest BCUT2D eigenvalue weighted by Gasteiger charge is -2.29. The van der Waals surface area contributed by atoms with Gasteiger partial charge in [0.15, 0.2) is 5.75 Å². The van der Waals surface area contributed by atoms with Crippen molar-refractivity contribution in [2.24, 2.45) is 0 Å². The number of halogens is 2. The lowest BCUT2D eigenvalue weighted by molar-refractivity contribution is -0.385. The molecule has 0 radical (unpaired) electrons. The molecule has 0 saturated carbocycles. The van der Waals surface area contributed by atoms with Gasteiger partial charge in [0.1, 0.15) is 17.2 Å². The summed E-state index contributed by atoms with van der Waals surface area (Å²) in [5.74, 6) is 0.520. The largest absolute Gasteiger partial charge is 0.497 e. The predicted octanol–water partition coefficient (Wildman–Crippen LogP) is 5.70. The Morgan fingerprint density at radius 1 is 1.36 bits per heavy atom. The molecular formula is C18H21BrClN3O5. The molecule has 0 amide bonds. The molecule has 1 atom stereocenters. The Hall–Kier alpha value is -2.10. The van der Waals surface area contributed by atoms with Crippen LogP contribution in [-0.2, 0) is 4.74 Å². The molecular weight excluding hydrogens is 454 g/mol. The summed E-state index contributed by atoms with van der Waals surface area (Å²) >= 11 is 9.60. The van der Waals surface area contributed by atoms with E-state index in [0.29, 0.717) is 22.3 Å². The summed E-state index contributed by atoms with van der Waals surface area (Å²) in [4.78, 5) is 15.5. The van der Waals surface area contributed by atoms with Gasteiger partial charge in [0.2, 0.25) is 0 Å². The van der Waals surface area contributed by atoms with E-state index in [4.69, 9.17) is 25.8 Å². The number of nitrogens with one attached hydrogen (secondary N) is 1. The highest BCUT2D eigenvalue weighted by atomic mass is 79.9. The Kier molecular flexibility index (Phi) is 7.08. The smallest absolute Gasteiger partial charge is 0.354 e. The molecule has 0 bridgehead atoms. The highest BCUT2D eigenvalue weighted by Crippen LogP contribution is 2.43. The van der Waals surface area contributed by atoms with Crippen LogP contribution >= 0.6 is 27.5 Å². The zero-order valence-corrected chi connectivity index (χ0v) is 18.5. The fraction of sp³-hybridized carbons (Fsp3) is 0.389. The number of nitrogens with zero attached hydrogens (tertiary/aromatic N) is 2. The lowest BCUT2D eigenvalue weighted by atomic mass is 10.1. The molecule has 152 valence electrons. The minimum Gasteiger partial charge on any atom is -0.497 e. The minimum atomic E-state index is -0.797. The average molecular weight is 475 g/mol. The van der Waals surface area contributed by atoms with E-state index in [1.165, 1.54) is 14.2 Å². The van der Waals surface area contributed by atoms with E-state index in [1.807, 2.05) is 6.92 Å². The quantitative estimate of drug-likeness (QED) is 0.298. The number of anilines is 1. The van der Waals surface area contributed by atoms with Crippen molar-refractivity contribution < 1.29 is 19.1 Å². The molecule has 1 N–H and O–H groups in total. The Balaban J connectivity index is 2.58. The van der Waals surface area contributed by atoms with Crippen molar-refractivity contribution >= 4 is 38.9 Å².